The first-order valence-electron chi connectivity index (χ1n) is 9.88. The van der Waals surface area contributed by atoms with Crippen LogP contribution in [0.25, 0.3) is 44.2 Å². The normalized spacial score (nSPS) is 11.2. The maximum absolute atomic E-state index is 8.13. The number of aromatic nitrogens is 2. The summed E-state index contributed by atoms with van der Waals surface area (Å²) in [6.07, 6.45) is 2.59. The van der Waals surface area contributed by atoms with Gasteiger partial charge < -0.3 is 10.4 Å². The molecule has 0 fully saturated rings. The van der Waals surface area contributed by atoms with Crippen molar-refractivity contribution in [3.05, 3.63) is 90.6 Å². The van der Waals surface area contributed by atoms with Gasteiger partial charge in [0.25, 0.3) is 0 Å². The Bertz CT molecular complexity index is 1360. The molecule has 0 atom stereocenters. The van der Waals surface area contributed by atoms with Gasteiger partial charge in [-0.25, -0.2) is 0 Å². The molecular formula is C26H21N3. The molecule has 140 valence electrons. The van der Waals surface area contributed by atoms with Crippen LogP contribution in [0.4, 0.5) is 0 Å². The van der Waals surface area contributed by atoms with Crippen molar-refractivity contribution < 1.29 is 0 Å². The molecule has 3 heteroatoms. The number of para-hydroxylation sites is 2. The van der Waals surface area contributed by atoms with Crippen molar-refractivity contribution in [3.8, 4) is 22.4 Å². The fourth-order valence-electron chi connectivity index (χ4n) is 3.94. The lowest BCUT2D eigenvalue weighted by Crippen LogP contribution is -1.96. The Kier molecular flexibility index (Phi) is 4.21. The molecule has 2 heterocycles. The van der Waals surface area contributed by atoms with Crippen LogP contribution in [0.15, 0.2) is 85.1 Å². The quantitative estimate of drug-likeness (QED) is 0.332. The van der Waals surface area contributed by atoms with Gasteiger partial charge in [0.2, 0.25) is 0 Å². The highest BCUT2D eigenvalue weighted by molar-refractivity contribution is 6.11. The molecule has 0 amide bonds. The first-order valence-corrected chi connectivity index (χ1v) is 9.88. The van der Waals surface area contributed by atoms with Crippen molar-refractivity contribution >= 4 is 27.5 Å². The van der Waals surface area contributed by atoms with Crippen LogP contribution in [0, 0.1) is 5.41 Å². The molecule has 2 N–H and O–H groups in total. The molecule has 5 aromatic rings. The van der Waals surface area contributed by atoms with E-state index in [1.807, 2.05) is 25.3 Å². The average Bonchev–Trinajstić information content (AvgIpc) is 3.17. The third-order valence-electron chi connectivity index (χ3n) is 5.47. The summed E-state index contributed by atoms with van der Waals surface area (Å²) >= 11 is 0. The number of H-pyrrole nitrogens is 1. The number of fused-ring (bicyclic) bond motifs is 3. The van der Waals surface area contributed by atoms with E-state index in [1.165, 1.54) is 16.3 Å². The monoisotopic (exact) mass is 375 g/mol. The van der Waals surface area contributed by atoms with Crippen molar-refractivity contribution in [2.24, 2.45) is 0 Å². The second-order valence-corrected chi connectivity index (χ2v) is 7.24. The Morgan fingerprint density at radius 2 is 1.69 bits per heavy atom. The highest BCUT2D eigenvalue weighted by atomic mass is 14.7. The molecule has 0 saturated carbocycles. The number of rotatable bonds is 4. The topological polar surface area (TPSA) is 52.5 Å². The van der Waals surface area contributed by atoms with Gasteiger partial charge in [-0.3, -0.25) is 4.98 Å². The summed E-state index contributed by atoms with van der Waals surface area (Å²) in [7, 11) is 0. The van der Waals surface area contributed by atoms with E-state index in [0.29, 0.717) is 5.71 Å². The van der Waals surface area contributed by atoms with Crippen LogP contribution < -0.4 is 0 Å². The summed E-state index contributed by atoms with van der Waals surface area (Å²) in [6.45, 7) is 2.01. The summed E-state index contributed by atoms with van der Waals surface area (Å²) in [5.74, 6) is 0. The lowest BCUT2D eigenvalue weighted by molar-refractivity contribution is 1.24. The van der Waals surface area contributed by atoms with E-state index in [2.05, 4.69) is 76.7 Å². The van der Waals surface area contributed by atoms with Gasteiger partial charge in [-0.2, -0.15) is 0 Å². The molecule has 5 rings (SSSR count). The smallest absolute Gasteiger partial charge is 0.0708 e. The zero-order valence-corrected chi connectivity index (χ0v) is 16.2. The van der Waals surface area contributed by atoms with Crippen LogP contribution in [-0.2, 0) is 0 Å². The Balaban J connectivity index is 1.65. The average molecular weight is 375 g/mol. The molecule has 3 nitrogen and oxygen atoms in total. The van der Waals surface area contributed by atoms with Gasteiger partial charge in [0.15, 0.2) is 0 Å². The van der Waals surface area contributed by atoms with Gasteiger partial charge in [0.1, 0.15) is 0 Å². The van der Waals surface area contributed by atoms with Gasteiger partial charge in [-0.15, -0.1) is 0 Å². The number of pyridine rings is 1. The number of hydrogen-bond acceptors (Lipinski definition) is 2. The van der Waals surface area contributed by atoms with E-state index in [1.54, 1.807) is 0 Å². The third-order valence-corrected chi connectivity index (χ3v) is 5.47. The van der Waals surface area contributed by atoms with Crippen LogP contribution >= 0.6 is 0 Å². The Morgan fingerprint density at radius 3 is 2.59 bits per heavy atom. The predicted octanol–water partition coefficient (Wildman–Crippen LogP) is 6.83. The molecule has 0 radical (unpaired) electrons. The molecule has 0 aliphatic rings. The predicted molar refractivity (Wildman–Crippen MR) is 122 cm³/mol. The van der Waals surface area contributed by atoms with E-state index in [0.717, 1.165) is 39.8 Å². The van der Waals surface area contributed by atoms with Crippen molar-refractivity contribution in [2.45, 2.75) is 13.3 Å². The number of aromatic amines is 1. The zero-order valence-electron chi connectivity index (χ0n) is 16.2. The fraction of sp³-hybridized carbons (Fsp3) is 0.0769. The second kappa shape index (κ2) is 7.02. The molecule has 0 aliphatic heterocycles. The summed E-state index contributed by atoms with van der Waals surface area (Å²) < 4.78 is 0. The molecule has 0 saturated heterocycles. The van der Waals surface area contributed by atoms with E-state index in [4.69, 9.17) is 5.41 Å². The van der Waals surface area contributed by atoms with Crippen LogP contribution in [0.2, 0.25) is 0 Å². The van der Waals surface area contributed by atoms with Gasteiger partial charge >= 0.3 is 0 Å². The van der Waals surface area contributed by atoms with Crippen LogP contribution in [-0.4, -0.2) is 15.7 Å². The van der Waals surface area contributed by atoms with E-state index in [-0.39, 0.29) is 0 Å². The molecule has 2 aromatic heterocycles. The largest absolute Gasteiger partial charge is 0.354 e. The second-order valence-electron chi connectivity index (χ2n) is 7.24. The maximum Gasteiger partial charge on any atom is 0.0708 e. The Labute approximate surface area is 169 Å². The highest BCUT2D eigenvalue weighted by Gasteiger charge is 2.11. The first-order chi connectivity index (χ1) is 14.2. The lowest BCUT2D eigenvalue weighted by atomic mass is 9.99. The van der Waals surface area contributed by atoms with E-state index < -0.39 is 0 Å². The molecule has 0 bridgehead atoms. The Hall–Kier alpha value is -3.72. The first kappa shape index (κ1) is 17.4. The van der Waals surface area contributed by atoms with Crippen molar-refractivity contribution in [2.75, 3.05) is 0 Å². The van der Waals surface area contributed by atoms with Gasteiger partial charge in [-0.1, -0.05) is 61.5 Å². The Morgan fingerprint density at radius 1 is 0.862 bits per heavy atom. The highest BCUT2D eigenvalue weighted by Crippen LogP contribution is 2.34. The van der Waals surface area contributed by atoms with E-state index >= 15 is 0 Å². The molecule has 0 aliphatic carbocycles. The summed E-state index contributed by atoms with van der Waals surface area (Å²) in [5.41, 5.74) is 8.14. The number of hydrogen-bond donors (Lipinski definition) is 2. The van der Waals surface area contributed by atoms with Crippen LogP contribution in [0.3, 0.4) is 0 Å². The molecule has 29 heavy (non-hydrogen) atoms. The lowest BCUT2D eigenvalue weighted by Gasteiger charge is -2.08. The van der Waals surface area contributed by atoms with Crippen LogP contribution in [0.5, 0.6) is 0 Å². The zero-order chi connectivity index (χ0) is 19.8. The minimum Gasteiger partial charge on any atom is -0.354 e. The van der Waals surface area contributed by atoms with Gasteiger partial charge in [-0.05, 0) is 41.8 Å². The molecule has 0 spiro atoms. The summed E-state index contributed by atoms with van der Waals surface area (Å²) in [4.78, 5) is 8.19. The number of nitrogens with one attached hydrogen (secondary N) is 2. The summed E-state index contributed by atoms with van der Waals surface area (Å²) in [6, 6.07) is 27.1. The minimum absolute atomic E-state index is 0.644. The van der Waals surface area contributed by atoms with Gasteiger partial charge in [0, 0.05) is 39.3 Å². The third kappa shape index (κ3) is 3.01. The SMILES string of the molecule is CCC(=N)c1cccc(-c2cc(-c3cccc4c3[nH]c3ccccc34)ccn2)c1. The van der Waals surface area contributed by atoms with Crippen molar-refractivity contribution in [1.29, 1.82) is 5.41 Å². The standard InChI is InChI=1S/C26H21N3/c1-2-23(27)18-7-5-8-19(15-18)25-16-17(13-14-28-25)20-10-6-11-22-21-9-3-4-12-24(21)29-26(20)22/h3-16,27,29H,2H2,1H3. The van der Waals surface area contributed by atoms with E-state index in [9.17, 15) is 0 Å². The fourth-order valence-corrected chi connectivity index (χ4v) is 3.94. The van der Waals surface area contributed by atoms with Crippen LogP contribution in [0.1, 0.15) is 18.9 Å². The molecular weight excluding hydrogens is 354 g/mol. The summed E-state index contributed by atoms with van der Waals surface area (Å²) in [5, 5.41) is 10.6. The molecule has 3 aromatic carbocycles. The minimum atomic E-state index is 0.644. The van der Waals surface area contributed by atoms with Crippen molar-refractivity contribution in [1.82, 2.24) is 9.97 Å². The van der Waals surface area contributed by atoms with Gasteiger partial charge in [0.05, 0.1) is 11.2 Å². The number of benzene rings is 3. The van der Waals surface area contributed by atoms with Crippen molar-refractivity contribution in [3.63, 3.8) is 0 Å². The number of nitrogens with zero attached hydrogens (tertiary/aromatic N) is 1. The maximum atomic E-state index is 8.13. The molecule has 0 unspecified atom stereocenters.